The number of likely N-dealkylation sites (tertiary alicyclic amines) is 1. The van der Waals surface area contributed by atoms with Crippen molar-refractivity contribution in [2.24, 2.45) is 5.92 Å². The maximum Gasteiger partial charge on any atom is 0.321 e. The third kappa shape index (κ3) is 5.68. The number of piperidine rings is 1. The molecule has 9 heteroatoms. The topological polar surface area (TPSA) is 105 Å². The number of carbonyl (C=O) groups excluding carboxylic acids is 4. The van der Waals surface area contributed by atoms with Crippen molar-refractivity contribution in [1.82, 2.24) is 15.5 Å². The predicted molar refractivity (Wildman–Crippen MR) is 98.2 cm³/mol. The molecule has 1 aliphatic heterocycles. The van der Waals surface area contributed by atoms with Crippen molar-refractivity contribution < 1.29 is 23.9 Å². The number of carbonyl (C=O) groups is 4. The SMILES string of the molecule is CNC(=O)NC(=O)[C@@H](C)OC(=O)C1CCN(C(=O)c2ccc(Cl)cc2)CC1. The van der Waals surface area contributed by atoms with Crippen LogP contribution in [0.5, 0.6) is 0 Å². The molecule has 8 nitrogen and oxygen atoms in total. The number of urea groups is 1. The van der Waals surface area contributed by atoms with E-state index in [-0.39, 0.29) is 5.91 Å². The fourth-order valence-electron chi connectivity index (χ4n) is 2.69. The molecule has 0 aliphatic carbocycles. The monoisotopic (exact) mass is 395 g/mol. The van der Waals surface area contributed by atoms with Crippen LogP contribution in [0.1, 0.15) is 30.1 Å². The highest BCUT2D eigenvalue weighted by molar-refractivity contribution is 6.30. The summed E-state index contributed by atoms with van der Waals surface area (Å²) in [6, 6.07) is 5.97. The zero-order valence-corrected chi connectivity index (χ0v) is 15.9. The van der Waals surface area contributed by atoms with E-state index in [9.17, 15) is 19.2 Å². The Bertz CT molecular complexity index is 714. The van der Waals surface area contributed by atoms with Crippen LogP contribution in [0.15, 0.2) is 24.3 Å². The number of hydrogen-bond donors (Lipinski definition) is 2. The Morgan fingerprint density at radius 2 is 1.74 bits per heavy atom. The van der Waals surface area contributed by atoms with Crippen LogP contribution in [0.3, 0.4) is 0 Å². The Morgan fingerprint density at radius 1 is 1.15 bits per heavy atom. The van der Waals surface area contributed by atoms with Crippen LogP contribution in [0.4, 0.5) is 4.79 Å². The number of benzene rings is 1. The van der Waals surface area contributed by atoms with E-state index in [0.29, 0.717) is 36.5 Å². The first-order valence-electron chi connectivity index (χ1n) is 8.59. The molecule has 0 saturated carbocycles. The van der Waals surface area contributed by atoms with E-state index in [0.717, 1.165) is 0 Å². The average Bonchev–Trinajstić information content (AvgIpc) is 2.67. The average molecular weight is 396 g/mol. The van der Waals surface area contributed by atoms with Crippen molar-refractivity contribution in [3.8, 4) is 0 Å². The van der Waals surface area contributed by atoms with Gasteiger partial charge in [0.05, 0.1) is 5.92 Å². The highest BCUT2D eigenvalue weighted by atomic mass is 35.5. The van der Waals surface area contributed by atoms with Gasteiger partial charge >= 0.3 is 12.0 Å². The van der Waals surface area contributed by atoms with Gasteiger partial charge < -0.3 is 15.0 Å². The van der Waals surface area contributed by atoms with Crippen molar-refractivity contribution in [2.45, 2.75) is 25.9 Å². The normalized spacial score (nSPS) is 15.6. The summed E-state index contributed by atoms with van der Waals surface area (Å²) < 4.78 is 5.14. The number of imide groups is 1. The minimum Gasteiger partial charge on any atom is -0.452 e. The Morgan fingerprint density at radius 3 is 2.30 bits per heavy atom. The molecule has 2 rings (SSSR count). The maximum absolute atomic E-state index is 12.5. The number of hydrogen-bond acceptors (Lipinski definition) is 5. The summed E-state index contributed by atoms with van der Waals surface area (Å²) in [5.41, 5.74) is 0.542. The molecule has 0 aromatic heterocycles. The van der Waals surface area contributed by atoms with Gasteiger partial charge in [-0.25, -0.2) is 4.79 Å². The number of esters is 1. The lowest BCUT2D eigenvalue weighted by Crippen LogP contribution is -2.45. The van der Waals surface area contributed by atoms with Crippen molar-refractivity contribution in [3.63, 3.8) is 0 Å². The lowest BCUT2D eigenvalue weighted by Gasteiger charge is -2.31. The van der Waals surface area contributed by atoms with Gasteiger partial charge in [-0.2, -0.15) is 0 Å². The molecule has 0 radical (unpaired) electrons. The largest absolute Gasteiger partial charge is 0.452 e. The molecule has 1 fully saturated rings. The first-order valence-corrected chi connectivity index (χ1v) is 8.97. The standard InChI is InChI=1S/C18H22ClN3O5/c1-11(15(23)21-18(26)20-2)27-17(25)13-7-9-22(10-8-13)16(24)12-3-5-14(19)6-4-12/h3-6,11,13H,7-10H2,1-2H3,(H2,20,21,23,26)/t11-/m1/s1. The summed E-state index contributed by atoms with van der Waals surface area (Å²) in [4.78, 5) is 49.2. The van der Waals surface area contributed by atoms with Gasteiger partial charge in [0.25, 0.3) is 11.8 Å². The second-order valence-electron chi connectivity index (χ2n) is 6.22. The molecule has 27 heavy (non-hydrogen) atoms. The second kappa shape index (κ2) is 9.36. The van der Waals surface area contributed by atoms with Gasteiger partial charge in [0.2, 0.25) is 0 Å². The number of ether oxygens (including phenoxy) is 1. The number of nitrogens with zero attached hydrogens (tertiary/aromatic N) is 1. The molecule has 0 unspecified atom stereocenters. The smallest absolute Gasteiger partial charge is 0.321 e. The fourth-order valence-corrected chi connectivity index (χ4v) is 2.82. The zero-order chi connectivity index (χ0) is 20.0. The summed E-state index contributed by atoms with van der Waals surface area (Å²) in [5.74, 6) is -1.71. The van der Waals surface area contributed by atoms with Crippen LogP contribution in [0, 0.1) is 5.92 Å². The van der Waals surface area contributed by atoms with E-state index in [1.807, 2.05) is 0 Å². The molecule has 2 N–H and O–H groups in total. The Labute approximate surface area is 162 Å². The van der Waals surface area contributed by atoms with E-state index in [4.69, 9.17) is 16.3 Å². The lowest BCUT2D eigenvalue weighted by atomic mass is 9.96. The highest BCUT2D eigenvalue weighted by Gasteiger charge is 2.31. The van der Waals surface area contributed by atoms with Gasteiger partial charge in [0.1, 0.15) is 0 Å². The van der Waals surface area contributed by atoms with Crippen molar-refractivity contribution in [2.75, 3.05) is 20.1 Å². The summed E-state index contributed by atoms with van der Waals surface area (Å²) in [7, 11) is 1.37. The molecule has 0 bridgehead atoms. The van der Waals surface area contributed by atoms with Gasteiger partial charge in [0, 0.05) is 30.7 Å². The molecule has 0 spiro atoms. The van der Waals surface area contributed by atoms with E-state index in [1.54, 1.807) is 29.2 Å². The van der Waals surface area contributed by atoms with Crippen molar-refractivity contribution in [1.29, 1.82) is 0 Å². The van der Waals surface area contributed by atoms with Crippen LogP contribution in [0.25, 0.3) is 0 Å². The Balaban J connectivity index is 1.83. The van der Waals surface area contributed by atoms with Crippen molar-refractivity contribution >= 4 is 35.4 Å². The maximum atomic E-state index is 12.5. The van der Waals surface area contributed by atoms with Crippen LogP contribution in [0.2, 0.25) is 5.02 Å². The molecule has 1 heterocycles. The Hall–Kier alpha value is -2.61. The number of rotatable bonds is 4. The van der Waals surface area contributed by atoms with Crippen LogP contribution < -0.4 is 10.6 Å². The van der Waals surface area contributed by atoms with E-state index < -0.39 is 29.9 Å². The fraction of sp³-hybridized carbons (Fsp3) is 0.444. The molecule has 1 aromatic carbocycles. The molecular weight excluding hydrogens is 374 g/mol. The van der Waals surface area contributed by atoms with Crippen LogP contribution in [-0.2, 0) is 14.3 Å². The Kier molecular flexibility index (Phi) is 7.18. The lowest BCUT2D eigenvalue weighted by molar-refractivity contribution is -0.159. The second-order valence-corrected chi connectivity index (χ2v) is 6.66. The molecule has 4 amide bonds. The number of halogens is 1. The van der Waals surface area contributed by atoms with E-state index >= 15 is 0 Å². The van der Waals surface area contributed by atoms with Gasteiger partial charge in [-0.3, -0.25) is 19.7 Å². The first kappa shape index (κ1) is 20.7. The highest BCUT2D eigenvalue weighted by Crippen LogP contribution is 2.21. The van der Waals surface area contributed by atoms with Crippen molar-refractivity contribution in [3.05, 3.63) is 34.9 Å². The van der Waals surface area contributed by atoms with E-state index in [2.05, 4.69) is 10.6 Å². The van der Waals surface area contributed by atoms with Gasteiger partial charge in [0.15, 0.2) is 6.10 Å². The molecule has 1 aromatic rings. The molecule has 146 valence electrons. The minimum atomic E-state index is -1.08. The van der Waals surface area contributed by atoms with Gasteiger partial charge in [-0.05, 0) is 44.0 Å². The third-order valence-electron chi connectivity index (χ3n) is 4.33. The minimum absolute atomic E-state index is 0.114. The molecule has 1 aliphatic rings. The summed E-state index contributed by atoms with van der Waals surface area (Å²) >= 11 is 5.83. The zero-order valence-electron chi connectivity index (χ0n) is 15.2. The summed E-state index contributed by atoms with van der Waals surface area (Å²) in [5, 5.41) is 4.85. The molecule has 1 atom stereocenters. The number of amides is 4. The van der Waals surface area contributed by atoms with E-state index in [1.165, 1.54) is 14.0 Å². The van der Waals surface area contributed by atoms with Gasteiger partial charge in [-0.15, -0.1) is 0 Å². The third-order valence-corrected chi connectivity index (χ3v) is 4.58. The number of nitrogens with one attached hydrogen (secondary N) is 2. The van der Waals surface area contributed by atoms with Crippen LogP contribution in [-0.4, -0.2) is 55.0 Å². The predicted octanol–water partition coefficient (Wildman–Crippen LogP) is 1.58. The first-order chi connectivity index (χ1) is 12.8. The molecule has 1 saturated heterocycles. The summed E-state index contributed by atoms with van der Waals surface area (Å²) in [6.07, 6.45) is -0.187. The quantitative estimate of drug-likeness (QED) is 0.753. The summed E-state index contributed by atoms with van der Waals surface area (Å²) in [6.45, 7) is 2.23. The van der Waals surface area contributed by atoms with Crippen LogP contribution >= 0.6 is 11.6 Å². The molecular formula is C18H22ClN3O5. The van der Waals surface area contributed by atoms with Gasteiger partial charge in [-0.1, -0.05) is 11.6 Å².